The number of aryl methyl sites for hydroxylation is 1. The van der Waals surface area contributed by atoms with E-state index in [2.05, 4.69) is 12.1 Å². The van der Waals surface area contributed by atoms with Gasteiger partial charge in [-0.25, -0.2) is 0 Å². The lowest BCUT2D eigenvalue weighted by atomic mass is 10.1. The van der Waals surface area contributed by atoms with Gasteiger partial charge in [0.05, 0.1) is 19.8 Å². The summed E-state index contributed by atoms with van der Waals surface area (Å²) in [7, 11) is 3.33. The number of carbonyl (C=O) groups is 1. The smallest absolute Gasteiger partial charge is 0.222 e. The molecule has 0 radical (unpaired) electrons. The molecular formula is C21H27NO3. The quantitative estimate of drug-likeness (QED) is 0.709. The van der Waals surface area contributed by atoms with Gasteiger partial charge in [0, 0.05) is 13.5 Å². The van der Waals surface area contributed by atoms with E-state index >= 15 is 0 Å². The molecule has 0 heterocycles. The number of ether oxygens (including phenoxy) is 1. The van der Waals surface area contributed by atoms with Gasteiger partial charge in [-0.2, -0.15) is 0 Å². The van der Waals surface area contributed by atoms with Gasteiger partial charge in [-0.1, -0.05) is 42.5 Å². The van der Waals surface area contributed by atoms with Crippen LogP contribution in [0.1, 0.15) is 36.5 Å². The molecule has 2 aromatic carbocycles. The van der Waals surface area contributed by atoms with Crippen LogP contribution in [0.3, 0.4) is 0 Å². The molecule has 0 bridgehead atoms. The highest BCUT2D eigenvalue weighted by atomic mass is 16.5. The van der Waals surface area contributed by atoms with Gasteiger partial charge in [-0.05, 0) is 42.5 Å². The summed E-state index contributed by atoms with van der Waals surface area (Å²) in [4.78, 5) is 13.8. The summed E-state index contributed by atoms with van der Waals surface area (Å²) in [6.45, 7) is 0.282. The Morgan fingerprint density at radius 2 is 1.88 bits per heavy atom. The molecule has 1 amide bonds. The number of carbonyl (C=O) groups excluding carboxylic acids is 1. The van der Waals surface area contributed by atoms with E-state index in [1.54, 1.807) is 25.1 Å². The largest absolute Gasteiger partial charge is 0.497 e. The Labute approximate surface area is 150 Å². The molecule has 0 aromatic heterocycles. The predicted molar refractivity (Wildman–Crippen MR) is 99.6 cm³/mol. The first-order valence-electron chi connectivity index (χ1n) is 8.70. The second-order valence-corrected chi connectivity index (χ2v) is 6.26. The third-order valence-electron chi connectivity index (χ3n) is 4.30. The molecule has 0 saturated heterocycles. The molecule has 1 atom stereocenters. The molecule has 0 spiro atoms. The van der Waals surface area contributed by atoms with E-state index < -0.39 is 6.10 Å². The fourth-order valence-electron chi connectivity index (χ4n) is 2.76. The van der Waals surface area contributed by atoms with Crippen LogP contribution in [0, 0.1) is 0 Å². The molecule has 0 aliphatic heterocycles. The topological polar surface area (TPSA) is 49.8 Å². The standard InChI is InChI=1S/C21H27NO3/c1-22(16-20(23)18-12-8-13-19(15-18)25-2)21(24)14-7-6-11-17-9-4-3-5-10-17/h3-5,8-10,12-13,15,20,23H,6-7,11,14,16H2,1-2H3. The summed E-state index contributed by atoms with van der Waals surface area (Å²) in [5.74, 6) is 0.765. The van der Waals surface area contributed by atoms with Gasteiger partial charge in [0.2, 0.25) is 5.91 Å². The number of aliphatic hydroxyl groups is 1. The minimum atomic E-state index is -0.714. The van der Waals surface area contributed by atoms with Gasteiger partial charge in [0.25, 0.3) is 0 Å². The Morgan fingerprint density at radius 3 is 2.60 bits per heavy atom. The Morgan fingerprint density at radius 1 is 1.12 bits per heavy atom. The van der Waals surface area contributed by atoms with Crippen LogP contribution in [0.25, 0.3) is 0 Å². The molecule has 1 N–H and O–H groups in total. The van der Waals surface area contributed by atoms with Crippen molar-refractivity contribution < 1.29 is 14.6 Å². The summed E-state index contributed by atoms with van der Waals surface area (Å²) >= 11 is 0. The number of amides is 1. The number of unbranched alkanes of at least 4 members (excludes halogenated alkanes) is 1. The van der Waals surface area contributed by atoms with Crippen LogP contribution in [0.15, 0.2) is 54.6 Å². The number of aliphatic hydroxyl groups excluding tert-OH is 1. The number of likely N-dealkylation sites (N-methyl/N-ethyl adjacent to an activating group) is 1. The van der Waals surface area contributed by atoms with Crippen LogP contribution < -0.4 is 4.74 Å². The van der Waals surface area contributed by atoms with Crippen LogP contribution in [0.2, 0.25) is 0 Å². The fourth-order valence-corrected chi connectivity index (χ4v) is 2.76. The Bertz CT molecular complexity index is 657. The highest BCUT2D eigenvalue weighted by Crippen LogP contribution is 2.20. The number of rotatable bonds is 9. The number of methoxy groups -OCH3 is 1. The van der Waals surface area contributed by atoms with Crippen molar-refractivity contribution in [2.75, 3.05) is 20.7 Å². The average Bonchev–Trinajstić information content (AvgIpc) is 2.65. The van der Waals surface area contributed by atoms with Gasteiger partial charge < -0.3 is 14.7 Å². The molecule has 0 aliphatic carbocycles. The van der Waals surface area contributed by atoms with E-state index in [-0.39, 0.29) is 12.5 Å². The lowest BCUT2D eigenvalue weighted by molar-refractivity contribution is -0.131. The third-order valence-corrected chi connectivity index (χ3v) is 4.30. The molecule has 4 nitrogen and oxygen atoms in total. The number of hydrogen-bond acceptors (Lipinski definition) is 3. The van der Waals surface area contributed by atoms with E-state index in [9.17, 15) is 9.90 Å². The maximum Gasteiger partial charge on any atom is 0.222 e. The van der Waals surface area contributed by atoms with Gasteiger partial charge in [-0.15, -0.1) is 0 Å². The normalized spacial score (nSPS) is 11.8. The molecule has 25 heavy (non-hydrogen) atoms. The first-order chi connectivity index (χ1) is 12.1. The zero-order chi connectivity index (χ0) is 18.1. The molecule has 2 rings (SSSR count). The number of benzene rings is 2. The molecule has 0 fully saturated rings. The van der Waals surface area contributed by atoms with E-state index in [0.29, 0.717) is 12.2 Å². The van der Waals surface area contributed by atoms with Crippen molar-refractivity contribution in [2.45, 2.75) is 31.8 Å². The van der Waals surface area contributed by atoms with Crippen LogP contribution >= 0.6 is 0 Å². The summed E-state index contributed by atoms with van der Waals surface area (Å²) < 4.78 is 5.17. The molecule has 1 unspecified atom stereocenters. The second kappa shape index (κ2) is 9.84. The highest BCUT2D eigenvalue weighted by molar-refractivity contribution is 5.75. The maximum absolute atomic E-state index is 12.2. The van der Waals surface area contributed by atoms with E-state index in [1.165, 1.54) is 5.56 Å². The average molecular weight is 341 g/mol. The van der Waals surface area contributed by atoms with E-state index in [4.69, 9.17) is 4.74 Å². The second-order valence-electron chi connectivity index (χ2n) is 6.26. The lowest BCUT2D eigenvalue weighted by Crippen LogP contribution is -2.30. The molecular weight excluding hydrogens is 314 g/mol. The van der Waals surface area contributed by atoms with Crippen molar-refractivity contribution in [3.05, 3.63) is 65.7 Å². The van der Waals surface area contributed by atoms with Crippen LogP contribution in [-0.4, -0.2) is 36.6 Å². The first kappa shape index (κ1) is 19.0. The molecule has 2 aromatic rings. The summed E-state index contributed by atoms with van der Waals surface area (Å²) in [5.41, 5.74) is 2.06. The predicted octanol–water partition coefficient (Wildman–Crippen LogP) is 3.60. The summed E-state index contributed by atoms with van der Waals surface area (Å²) in [6, 6.07) is 17.6. The molecule has 4 heteroatoms. The maximum atomic E-state index is 12.2. The van der Waals surface area contributed by atoms with Crippen molar-refractivity contribution in [2.24, 2.45) is 0 Å². The fraction of sp³-hybridized carbons (Fsp3) is 0.381. The van der Waals surface area contributed by atoms with Crippen molar-refractivity contribution in [3.8, 4) is 5.75 Å². The summed E-state index contributed by atoms with van der Waals surface area (Å²) in [6.07, 6.45) is 2.63. The minimum absolute atomic E-state index is 0.0648. The van der Waals surface area contributed by atoms with Crippen molar-refractivity contribution in [3.63, 3.8) is 0 Å². The van der Waals surface area contributed by atoms with Crippen LogP contribution in [0.4, 0.5) is 0 Å². The molecule has 0 aliphatic rings. The van der Waals surface area contributed by atoms with Gasteiger partial charge in [0.1, 0.15) is 5.75 Å². The van der Waals surface area contributed by atoms with Crippen molar-refractivity contribution >= 4 is 5.91 Å². The van der Waals surface area contributed by atoms with Gasteiger partial charge in [-0.3, -0.25) is 4.79 Å². The van der Waals surface area contributed by atoms with Crippen LogP contribution in [0.5, 0.6) is 5.75 Å². The lowest BCUT2D eigenvalue weighted by Gasteiger charge is -2.21. The zero-order valence-electron chi connectivity index (χ0n) is 15.0. The van der Waals surface area contributed by atoms with Gasteiger partial charge >= 0.3 is 0 Å². The van der Waals surface area contributed by atoms with Crippen molar-refractivity contribution in [1.29, 1.82) is 0 Å². The third kappa shape index (κ3) is 6.24. The first-order valence-corrected chi connectivity index (χ1v) is 8.70. The van der Waals surface area contributed by atoms with E-state index in [0.717, 1.165) is 24.8 Å². The summed E-state index contributed by atoms with van der Waals surface area (Å²) in [5, 5.41) is 10.3. The van der Waals surface area contributed by atoms with Crippen LogP contribution in [-0.2, 0) is 11.2 Å². The zero-order valence-corrected chi connectivity index (χ0v) is 15.0. The molecule has 134 valence electrons. The van der Waals surface area contributed by atoms with Crippen molar-refractivity contribution in [1.82, 2.24) is 4.90 Å². The Balaban J connectivity index is 1.73. The van der Waals surface area contributed by atoms with Gasteiger partial charge in [0.15, 0.2) is 0 Å². The number of hydrogen-bond donors (Lipinski definition) is 1. The SMILES string of the molecule is COc1cccc(C(O)CN(C)C(=O)CCCCc2ccccc2)c1. The number of nitrogens with zero attached hydrogens (tertiary/aromatic N) is 1. The molecule has 0 saturated carbocycles. The van der Waals surface area contributed by atoms with E-state index in [1.807, 2.05) is 36.4 Å². The monoisotopic (exact) mass is 341 g/mol. The Hall–Kier alpha value is -2.33. The highest BCUT2D eigenvalue weighted by Gasteiger charge is 2.15. The Kier molecular flexibility index (Phi) is 7.48. The minimum Gasteiger partial charge on any atom is -0.497 e.